The fourth-order valence-corrected chi connectivity index (χ4v) is 3.72. The molecule has 2 aromatic carbocycles. The zero-order valence-corrected chi connectivity index (χ0v) is 19.0. The number of thiocarbonyl (C=S) groups is 1. The third-order valence-corrected chi connectivity index (χ3v) is 5.46. The van der Waals surface area contributed by atoms with Crippen LogP contribution in [0.3, 0.4) is 0 Å². The van der Waals surface area contributed by atoms with Crippen molar-refractivity contribution in [3.63, 3.8) is 0 Å². The van der Waals surface area contributed by atoms with E-state index < -0.39 is 0 Å². The van der Waals surface area contributed by atoms with Crippen LogP contribution in [-0.2, 0) is 13.1 Å². The second kappa shape index (κ2) is 9.42. The minimum absolute atomic E-state index is 0.406. The monoisotopic (exact) mass is 500 g/mol. The Morgan fingerprint density at radius 1 is 0.933 bits per heavy atom. The Balaban J connectivity index is 1.36. The smallest absolute Gasteiger partial charge is 0.177 e. The van der Waals surface area contributed by atoms with Gasteiger partial charge >= 0.3 is 0 Å². The number of rotatable bonds is 6. The summed E-state index contributed by atoms with van der Waals surface area (Å²) in [5.74, 6) is 1.28. The number of nitrogens with one attached hydrogen (secondary N) is 2. The van der Waals surface area contributed by atoms with Gasteiger partial charge in [0.2, 0.25) is 0 Å². The molecule has 0 amide bonds. The molecule has 0 unspecified atom stereocenters. The molecule has 0 fully saturated rings. The lowest BCUT2D eigenvalue weighted by atomic mass is 10.2. The third kappa shape index (κ3) is 5.27. The van der Waals surface area contributed by atoms with Crippen molar-refractivity contribution in [3.8, 4) is 0 Å². The first-order valence-corrected chi connectivity index (χ1v) is 10.8. The lowest BCUT2D eigenvalue weighted by molar-refractivity contribution is 0.689. The van der Waals surface area contributed by atoms with Crippen LogP contribution in [0.2, 0.25) is 5.02 Å². The number of nitrogens with zero attached hydrogens (tertiary/aromatic N) is 4. The van der Waals surface area contributed by atoms with Crippen molar-refractivity contribution < 1.29 is 0 Å². The van der Waals surface area contributed by atoms with Gasteiger partial charge in [0.05, 0.1) is 17.6 Å². The molecule has 0 bridgehead atoms. The molecule has 4 rings (SSSR count). The van der Waals surface area contributed by atoms with Crippen molar-refractivity contribution in [3.05, 3.63) is 93.7 Å². The van der Waals surface area contributed by atoms with E-state index in [0.29, 0.717) is 34.9 Å². The van der Waals surface area contributed by atoms with Crippen LogP contribution in [0, 0.1) is 0 Å². The van der Waals surface area contributed by atoms with E-state index >= 15 is 0 Å². The molecule has 0 aliphatic rings. The Bertz CT molecular complexity index is 1160. The van der Waals surface area contributed by atoms with E-state index in [1.54, 1.807) is 4.68 Å². The van der Waals surface area contributed by atoms with Crippen molar-refractivity contribution in [1.82, 2.24) is 19.6 Å². The molecular formula is C21H18BrClN6S. The highest BCUT2D eigenvalue weighted by Crippen LogP contribution is 2.22. The number of anilines is 2. The van der Waals surface area contributed by atoms with E-state index in [1.165, 1.54) is 5.56 Å². The summed E-state index contributed by atoms with van der Waals surface area (Å²) in [5, 5.41) is 16.3. The van der Waals surface area contributed by atoms with Crippen LogP contribution in [0.4, 0.5) is 11.6 Å². The van der Waals surface area contributed by atoms with Crippen molar-refractivity contribution >= 4 is 56.5 Å². The number of hydrogen-bond acceptors (Lipinski definition) is 3. The van der Waals surface area contributed by atoms with Gasteiger partial charge in [-0.25, -0.2) is 0 Å². The van der Waals surface area contributed by atoms with E-state index in [0.717, 1.165) is 10.0 Å². The molecular weight excluding hydrogens is 484 g/mol. The molecule has 0 atom stereocenters. The van der Waals surface area contributed by atoms with Crippen LogP contribution >= 0.6 is 39.7 Å². The summed E-state index contributed by atoms with van der Waals surface area (Å²) in [7, 11) is 0. The summed E-state index contributed by atoms with van der Waals surface area (Å²) in [6.07, 6.45) is 3.79. The number of hydrogen-bond donors (Lipinski definition) is 2. The minimum Gasteiger partial charge on any atom is -0.316 e. The molecule has 0 aliphatic heterocycles. The fourth-order valence-electron chi connectivity index (χ4n) is 2.91. The van der Waals surface area contributed by atoms with Crippen molar-refractivity contribution in [2.45, 2.75) is 13.1 Å². The van der Waals surface area contributed by atoms with E-state index in [1.807, 2.05) is 65.6 Å². The van der Waals surface area contributed by atoms with Crippen molar-refractivity contribution in [1.29, 1.82) is 0 Å². The van der Waals surface area contributed by atoms with E-state index in [-0.39, 0.29) is 0 Å². The second-order valence-electron chi connectivity index (χ2n) is 6.58. The van der Waals surface area contributed by atoms with Gasteiger partial charge in [-0.3, -0.25) is 9.36 Å². The molecule has 9 heteroatoms. The first-order valence-electron chi connectivity index (χ1n) is 9.18. The van der Waals surface area contributed by atoms with E-state index in [4.69, 9.17) is 23.8 Å². The highest BCUT2D eigenvalue weighted by molar-refractivity contribution is 9.10. The first kappa shape index (κ1) is 20.6. The predicted octanol–water partition coefficient (Wildman–Crippen LogP) is 5.40. The zero-order chi connectivity index (χ0) is 20.9. The highest BCUT2D eigenvalue weighted by Gasteiger charge is 2.11. The molecule has 0 aliphatic carbocycles. The molecule has 0 spiro atoms. The SMILES string of the molecule is S=C(Nc1ccn(Cc2ccccc2)n1)Nc1nn(Cc2ccccc2Cl)cc1Br. The number of halogens is 2. The van der Waals surface area contributed by atoms with Crippen LogP contribution in [-0.4, -0.2) is 24.7 Å². The van der Waals surface area contributed by atoms with E-state index in [9.17, 15) is 0 Å². The lowest BCUT2D eigenvalue weighted by Crippen LogP contribution is -2.20. The molecule has 0 saturated heterocycles. The largest absolute Gasteiger partial charge is 0.316 e. The normalized spacial score (nSPS) is 10.7. The van der Waals surface area contributed by atoms with Crippen LogP contribution in [0.1, 0.15) is 11.1 Å². The quantitative estimate of drug-likeness (QED) is 0.346. The zero-order valence-electron chi connectivity index (χ0n) is 15.8. The maximum Gasteiger partial charge on any atom is 0.177 e. The van der Waals surface area contributed by atoms with Gasteiger partial charge in [-0.15, -0.1) is 0 Å². The summed E-state index contributed by atoms with van der Waals surface area (Å²) < 4.78 is 4.45. The van der Waals surface area contributed by atoms with Gasteiger partial charge in [-0.1, -0.05) is 60.1 Å². The minimum atomic E-state index is 0.406. The van der Waals surface area contributed by atoms with Gasteiger partial charge in [0.25, 0.3) is 0 Å². The standard InChI is InChI=1S/C21H18BrClN6S/c22-17-14-29(13-16-8-4-5-9-18(16)23)27-20(17)25-21(30)24-19-10-11-28(26-19)12-15-6-2-1-3-7-15/h1-11,14H,12-13H2,(H2,24,25,26,27,30). The second-order valence-corrected chi connectivity index (χ2v) is 8.25. The molecule has 30 heavy (non-hydrogen) atoms. The Hall–Kier alpha value is -2.68. The maximum absolute atomic E-state index is 6.24. The summed E-state index contributed by atoms with van der Waals surface area (Å²) in [6, 6.07) is 19.7. The van der Waals surface area contributed by atoms with Gasteiger partial charge in [0.1, 0.15) is 0 Å². The maximum atomic E-state index is 6.24. The average Bonchev–Trinajstić information content (AvgIpc) is 3.30. The number of benzene rings is 2. The van der Waals surface area contributed by atoms with Crippen LogP contribution in [0.5, 0.6) is 0 Å². The Morgan fingerprint density at radius 3 is 2.50 bits per heavy atom. The molecule has 2 N–H and O–H groups in total. The average molecular weight is 502 g/mol. The molecule has 0 saturated carbocycles. The first-order chi connectivity index (χ1) is 14.6. The van der Waals surface area contributed by atoms with Crippen molar-refractivity contribution in [2.75, 3.05) is 10.6 Å². The van der Waals surface area contributed by atoms with Gasteiger partial charge in [-0.2, -0.15) is 10.2 Å². The fraction of sp³-hybridized carbons (Fsp3) is 0.0952. The van der Waals surface area contributed by atoms with Gasteiger partial charge in [0, 0.05) is 23.5 Å². The third-order valence-electron chi connectivity index (χ3n) is 4.31. The predicted molar refractivity (Wildman–Crippen MR) is 128 cm³/mol. The molecule has 4 aromatic rings. The molecule has 2 aromatic heterocycles. The number of aromatic nitrogens is 4. The molecule has 2 heterocycles. The summed E-state index contributed by atoms with van der Waals surface area (Å²) in [4.78, 5) is 0. The van der Waals surface area contributed by atoms with Crippen LogP contribution < -0.4 is 10.6 Å². The van der Waals surface area contributed by atoms with Gasteiger partial charge in [0.15, 0.2) is 16.7 Å². The lowest BCUT2D eigenvalue weighted by Gasteiger charge is -2.07. The highest BCUT2D eigenvalue weighted by atomic mass is 79.9. The summed E-state index contributed by atoms with van der Waals surface area (Å²) in [5.41, 5.74) is 2.17. The van der Waals surface area contributed by atoms with Gasteiger partial charge in [-0.05, 0) is 45.3 Å². The Morgan fingerprint density at radius 2 is 1.70 bits per heavy atom. The van der Waals surface area contributed by atoms with Crippen molar-refractivity contribution in [2.24, 2.45) is 0 Å². The summed E-state index contributed by atoms with van der Waals surface area (Å²) in [6.45, 7) is 1.25. The van der Waals surface area contributed by atoms with Crippen LogP contribution in [0.25, 0.3) is 0 Å². The molecule has 6 nitrogen and oxygen atoms in total. The summed E-state index contributed by atoms with van der Waals surface area (Å²) >= 11 is 15.2. The molecule has 0 radical (unpaired) electrons. The Kier molecular flexibility index (Phi) is 6.47. The molecule has 152 valence electrons. The Labute approximate surface area is 193 Å². The van der Waals surface area contributed by atoms with Gasteiger partial charge < -0.3 is 10.6 Å². The van der Waals surface area contributed by atoms with Crippen LogP contribution in [0.15, 0.2) is 77.5 Å². The topological polar surface area (TPSA) is 59.7 Å². The van der Waals surface area contributed by atoms with E-state index in [2.05, 4.69) is 48.9 Å².